The SMILES string of the molecule is C[C@]1(C(=O)OO)Cc2cc(O)c(O)cc2[C@H](c2ccc(O)c(O)c2)[C@@]1(C)C(=O)O. The zero-order valence-electron chi connectivity index (χ0n) is 15.6. The molecule has 1 aliphatic rings. The van der Waals surface area contributed by atoms with Crippen LogP contribution in [0, 0.1) is 10.8 Å². The lowest BCUT2D eigenvalue weighted by Crippen LogP contribution is -2.56. The zero-order valence-corrected chi connectivity index (χ0v) is 15.6. The monoisotopic (exact) mass is 404 g/mol. The molecule has 0 aromatic heterocycles. The molecule has 0 radical (unpaired) electrons. The fraction of sp³-hybridized carbons (Fsp3) is 0.300. The van der Waals surface area contributed by atoms with Crippen molar-refractivity contribution >= 4 is 11.9 Å². The molecule has 9 nitrogen and oxygen atoms in total. The van der Waals surface area contributed by atoms with Crippen molar-refractivity contribution in [2.24, 2.45) is 10.8 Å². The maximum absolute atomic E-state index is 12.5. The van der Waals surface area contributed by atoms with Gasteiger partial charge in [-0.3, -0.25) is 4.79 Å². The Kier molecular flexibility index (Phi) is 4.59. The minimum absolute atomic E-state index is 0.209. The molecule has 154 valence electrons. The minimum atomic E-state index is -1.91. The van der Waals surface area contributed by atoms with E-state index in [9.17, 15) is 35.1 Å². The smallest absolute Gasteiger partial charge is 0.349 e. The zero-order chi connectivity index (χ0) is 21.7. The summed E-state index contributed by atoms with van der Waals surface area (Å²) < 4.78 is 0. The molecule has 0 fully saturated rings. The van der Waals surface area contributed by atoms with Gasteiger partial charge in [0.2, 0.25) is 0 Å². The lowest BCUT2D eigenvalue weighted by atomic mass is 9.50. The van der Waals surface area contributed by atoms with Gasteiger partial charge < -0.3 is 30.4 Å². The van der Waals surface area contributed by atoms with E-state index in [4.69, 9.17) is 5.26 Å². The van der Waals surface area contributed by atoms with Crippen molar-refractivity contribution in [2.75, 3.05) is 0 Å². The molecule has 0 bridgehead atoms. The summed E-state index contributed by atoms with van der Waals surface area (Å²) in [4.78, 5) is 29.0. The van der Waals surface area contributed by atoms with Crippen molar-refractivity contribution in [2.45, 2.75) is 26.2 Å². The number of phenolic OH excluding ortho intramolecular Hbond substituents is 4. The Morgan fingerprint density at radius 1 is 0.966 bits per heavy atom. The molecule has 0 amide bonds. The molecule has 29 heavy (non-hydrogen) atoms. The largest absolute Gasteiger partial charge is 0.504 e. The van der Waals surface area contributed by atoms with E-state index in [2.05, 4.69) is 4.89 Å². The summed E-state index contributed by atoms with van der Waals surface area (Å²) in [6.45, 7) is 2.62. The van der Waals surface area contributed by atoms with Gasteiger partial charge in [0.05, 0.1) is 10.8 Å². The molecule has 6 N–H and O–H groups in total. The summed E-state index contributed by atoms with van der Waals surface area (Å²) >= 11 is 0. The average molecular weight is 404 g/mol. The first-order valence-electron chi connectivity index (χ1n) is 8.63. The third-order valence-corrected chi connectivity index (χ3v) is 6.13. The van der Waals surface area contributed by atoms with Crippen molar-refractivity contribution in [3.63, 3.8) is 0 Å². The van der Waals surface area contributed by atoms with E-state index in [0.29, 0.717) is 11.1 Å². The average Bonchev–Trinajstić information content (AvgIpc) is 2.66. The van der Waals surface area contributed by atoms with Gasteiger partial charge >= 0.3 is 11.9 Å². The maximum Gasteiger partial charge on any atom is 0.349 e. The van der Waals surface area contributed by atoms with Crippen LogP contribution in [0.2, 0.25) is 0 Å². The highest BCUT2D eigenvalue weighted by molar-refractivity contribution is 5.90. The third-order valence-electron chi connectivity index (χ3n) is 6.13. The highest BCUT2D eigenvalue weighted by atomic mass is 17.1. The van der Waals surface area contributed by atoms with Crippen molar-refractivity contribution in [1.82, 2.24) is 0 Å². The number of hydrogen-bond donors (Lipinski definition) is 6. The summed E-state index contributed by atoms with van der Waals surface area (Å²) in [6, 6.07) is 6.12. The molecule has 3 rings (SSSR count). The standard InChI is InChI=1S/C20H20O9/c1-19(18(27)29-28)8-10-6-14(23)15(24)7-11(10)16(20(19,2)17(25)26)9-3-4-12(21)13(22)5-9/h3-7,16,21-24,28H,8H2,1-2H3,(H,25,26)/t16-,19+,20-/m0/s1. The summed E-state index contributed by atoms with van der Waals surface area (Å²) in [7, 11) is 0. The van der Waals surface area contributed by atoms with E-state index in [-0.39, 0.29) is 12.0 Å². The van der Waals surface area contributed by atoms with Crippen LogP contribution in [0.15, 0.2) is 30.3 Å². The lowest BCUT2D eigenvalue weighted by molar-refractivity contribution is -0.252. The van der Waals surface area contributed by atoms with Crippen LogP contribution >= 0.6 is 0 Å². The van der Waals surface area contributed by atoms with Crippen molar-refractivity contribution in [1.29, 1.82) is 0 Å². The fourth-order valence-corrected chi connectivity index (χ4v) is 4.23. The van der Waals surface area contributed by atoms with E-state index in [1.165, 1.54) is 38.1 Å². The molecule has 9 heteroatoms. The van der Waals surface area contributed by atoms with Gasteiger partial charge in [-0.2, -0.15) is 5.26 Å². The van der Waals surface area contributed by atoms with Crippen LogP contribution in [0.1, 0.15) is 36.5 Å². The first-order valence-corrected chi connectivity index (χ1v) is 8.63. The summed E-state index contributed by atoms with van der Waals surface area (Å²) in [5, 5.41) is 58.7. The molecule has 0 saturated heterocycles. The van der Waals surface area contributed by atoms with Crippen LogP contribution in [-0.4, -0.2) is 42.7 Å². The second-order valence-electron chi connectivity index (χ2n) is 7.62. The van der Waals surface area contributed by atoms with E-state index >= 15 is 0 Å². The van der Waals surface area contributed by atoms with Crippen LogP contribution in [0.3, 0.4) is 0 Å². The number of phenols is 4. The van der Waals surface area contributed by atoms with Crippen LogP contribution in [0.4, 0.5) is 0 Å². The molecule has 0 heterocycles. The van der Waals surface area contributed by atoms with E-state index in [1.807, 2.05) is 0 Å². The number of carbonyl (C=O) groups is 2. The number of aliphatic carboxylic acids is 1. The van der Waals surface area contributed by atoms with E-state index in [0.717, 1.165) is 6.07 Å². The summed E-state index contributed by atoms with van der Waals surface area (Å²) in [5.41, 5.74) is -2.81. The van der Waals surface area contributed by atoms with E-state index in [1.54, 1.807) is 0 Å². The second kappa shape index (κ2) is 6.56. The van der Waals surface area contributed by atoms with Gasteiger partial charge in [-0.1, -0.05) is 6.07 Å². The van der Waals surface area contributed by atoms with Gasteiger partial charge in [-0.15, -0.1) is 0 Å². The number of benzene rings is 2. The number of fused-ring (bicyclic) bond motifs is 1. The topological polar surface area (TPSA) is 165 Å². The van der Waals surface area contributed by atoms with Gasteiger partial charge in [0.25, 0.3) is 0 Å². The first kappa shape index (κ1) is 20.3. The summed E-state index contributed by atoms with van der Waals surface area (Å²) in [5.74, 6) is -5.57. The molecule has 2 aromatic rings. The van der Waals surface area contributed by atoms with Gasteiger partial charge in [0.1, 0.15) is 0 Å². The second-order valence-corrected chi connectivity index (χ2v) is 7.62. The predicted octanol–water partition coefficient (Wildman–Crippen LogP) is 2.31. The molecule has 0 spiro atoms. The molecule has 0 saturated carbocycles. The Morgan fingerprint density at radius 3 is 2.10 bits per heavy atom. The van der Waals surface area contributed by atoms with Gasteiger partial charge in [0, 0.05) is 5.92 Å². The number of carbonyl (C=O) groups excluding carboxylic acids is 1. The van der Waals surface area contributed by atoms with Crippen molar-refractivity contribution in [3.05, 3.63) is 47.0 Å². The van der Waals surface area contributed by atoms with Crippen LogP contribution in [0.25, 0.3) is 0 Å². The lowest BCUT2D eigenvalue weighted by Gasteiger charge is -2.50. The Morgan fingerprint density at radius 2 is 1.55 bits per heavy atom. The maximum atomic E-state index is 12.5. The number of carboxylic acid groups (broad SMARTS) is 1. The van der Waals surface area contributed by atoms with Crippen LogP contribution in [-0.2, 0) is 20.9 Å². The molecule has 1 aliphatic carbocycles. The highest BCUT2D eigenvalue weighted by Crippen LogP contribution is 2.60. The Labute approximate surface area is 165 Å². The highest BCUT2D eigenvalue weighted by Gasteiger charge is 2.64. The molecular weight excluding hydrogens is 384 g/mol. The molecule has 2 aromatic carbocycles. The summed E-state index contributed by atoms with van der Waals surface area (Å²) in [6.07, 6.45) is -0.209. The molecule has 0 aliphatic heterocycles. The van der Waals surface area contributed by atoms with Crippen molar-refractivity contribution < 1.29 is 45.3 Å². The number of aromatic hydroxyl groups is 4. The van der Waals surface area contributed by atoms with Crippen molar-refractivity contribution in [3.8, 4) is 23.0 Å². The third kappa shape index (κ3) is 2.73. The van der Waals surface area contributed by atoms with E-state index < -0.39 is 51.7 Å². The molecule has 3 atom stereocenters. The normalized spacial score (nSPS) is 25.8. The number of rotatable bonds is 3. The van der Waals surface area contributed by atoms with Gasteiger partial charge in [-0.25, -0.2) is 4.79 Å². The predicted molar refractivity (Wildman–Crippen MR) is 97.7 cm³/mol. The number of carboxylic acids is 1. The van der Waals surface area contributed by atoms with Gasteiger partial charge in [-0.05, 0) is 61.2 Å². The fourth-order valence-electron chi connectivity index (χ4n) is 4.23. The quantitative estimate of drug-likeness (QED) is 0.256. The van der Waals surface area contributed by atoms with Gasteiger partial charge in [0.15, 0.2) is 23.0 Å². The van der Waals surface area contributed by atoms with Crippen LogP contribution in [0.5, 0.6) is 23.0 Å². The minimum Gasteiger partial charge on any atom is -0.504 e. The Hall–Kier alpha value is -3.46. The Balaban J connectivity index is 2.42. The first-order chi connectivity index (χ1) is 13.5. The van der Waals surface area contributed by atoms with Crippen LogP contribution < -0.4 is 0 Å². The number of hydrogen-bond acceptors (Lipinski definition) is 8. The molecule has 0 unspecified atom stereocenters. The Bertz CT molecular complexity index is 1020. The molecular formula is C20H20O9.